The van der Waals surface area contributed by atoms with E-state index in [4.69, 9.17) is 0 Å². The first kappa shape index (κ1) is 15.9. The van der Waals surface area contributed by atoms with Crippen LogP contribution in [0.2, 0.25) is 0 Å². The van der Waals surface area contributed by atoms with E-state index in [-0.39, 0.29) is 64.2 Å². The largest absolute Gasteiger partial charge is 0.511 e. The van der Waals surface area contributed by atoms with Gasteiger partial charge >= 0.3 is 0 Å². The normalized spacial score (nSPS) is 31.6. The van der Waals surface area contributed by atoms with Crippen LogP contribution in [0.1, 0.15) is 43.7 Å². The number of carbonyl (C=O) groups excluding carboxylic acids is 2. The van der Waals surface area contributed by atoms with Gasteiger partial charge in [-0.25, -0.2) is 0 Å². The molecule has 1 aromatic rings. The zero-order valence-corrected chi connectivity index (χ0v) is 14.1. The first-order valence-corrected chi connectivity index (χ1v) is 8.55. The summed E-state index contributed by atoms with van der Waals surface area (Å²) in [6.07, 6.45) is 0.797. The summed E-state index contributed by atoms with van der Waals surface area (Å²) in [5.41, 5.74) is 1.62. The summed E-state index contributed by atoms with van der Waals surface area (Å²) in [5, 5.41) is 31.3. The number of phenolic OH excluding ortho intramolecular Hbond substituents is 1. The van der Waals surface area contributed by atoms with Gasteiger partial charge in [-0.15, -0.1) is 0 Å². The molecule has 0 bridgehead atoms. The number of Topliss-reactive ketones (excluding diaryl/α,β-unsaturated/α-hetero) is 2. The van der Waals surface area contributed by atoms with Crippen molar-refractivity contribution in [3.05, 3.63) is 46.2 Å². The van der Waals surface area contributed by atoms with Gasteiger partial charge < -0.3 is 15.3 Å². The van der Waals surface area contributed by atoms with Crippen LogP contribution < -0.4 is 0 Å². The third-order valence-corrected chi connectivity index (χ3v) is 6.15. The monoisotopic (exact) mass is 340 g/mol. The van der Waals surface area contributed by atoms with Crippen molar-refractivity contribution in [3.8, 4) is 5.75 Å². The Bertz CT molecular complexity index is 876. The molecule has 5 heteroatoms. The number of rotatable bonds is 0. The van der Waals surface area contributed by atoms with Crippen LogP contribution in [0.4, 0.5) is 0 Å². The van der Waals surface area contributed by atoms with Gasteiger partial charge in [-0.3, -0.25) is 9.59 Å². The van der Waals surface area contributed by atoms with Crippen LogP contribution in [0, 0.1) is 17.8 Å². The summed E-state index contributed by atoms with van der Waals surface area (Å²) >= 11 is 0. The van der Waals surface area contributed by atoms with Crippen LogP contribution in [-0.2, 0) is 9.59 Å². The molecule has 0 saturated heterocycles. The number of benzene rings is 1. The number of hydrogen-bond acceptors (Lipinski definition) is 5. The molecule has 1 aromatic carbocycles. The van der Waals surface area contributed by atoms with Crippen LogP contribution in [-0.4, -0.2) is 26.9 Å². The Morgan fingerprint density at radius 3 is 2.56 bits per heavy atom. The molecule has 1 fully saturated rings. The third kappa shape index (κ3) is 2.01. The van der Waals surface area contributed by atoms with Crippen molar-refractivity contribution in [1.29, 1.82) is 0 Å². The average Bonchev–Trinajstić information content (AvgIpc) is 2.57. The fourth-order valence-electron chi connectivity index (χ4n) is 4.75. The molecule has 130 valence electrons. The van der Waals surface area contributed by atoms with E-state index in [0.29, 0.717) is 12.0 Å². The first-order valence-electron chi connectivity index (χ1n) is 8.55. The maximum Gasteiger partial charge on any atom is 0.173 e. The Balaban J connectivity index is 1.91. The lowest BCUT2D eigenvalue weighted by molar-refractivity contribution is -0.126. The molecule has 0 aliphatic heterocycles. The molecule has 5 nitrogen and oxygen atoms in total. The second kappa shape index (κ2) is 5.22. The Hall–Kier alpha value is -2.56. The van der Waals surface area contributed by atoms with E-state index in [0.717, 1.165) is 5.56 Å². The molecule has 3 aliphatic rings. The number of phenols is 1. The molecule has 4 unspecified atom stereocenters. The highest BCUT2D eigenvalue weighted by atomic mass is 16.3. The fourth-order valence-corrected chi connectivity index (χ4v) is 4.75. The van der Waals surface area contributed by atoms with Gasteiger partial charge in [-0.2, -0.15) is 0 Å². The Kier molecular flexibility index (Phi) is 3.33. The lowest BCUT2D eigenvalue weighted by Gasteiger charge is -2.43. The number of aliphatic hydroxyl groups is 2. The highest BCUT2D eigenvalue weighted by Gasteiger charge is 2.51. The maximum atomic E-state index is 13.1. The van der Waals surface area contributed by atoms with E-state index in [1.165, 1.54) is 13.0 Å². The van der Waals surface area contributed by atoms with Crippen LogP contribution in [0.25, 0.3) is 5.76 Å². The zero-order valence-electron chi connectivity index (χ0n) is 14.1. The van der Waals surface area contributed by atoms with Gasteiger partial charge in [-0.05, 0) is 42.7 Å². The molecular weight excluding hydrogens is 320 g/mol. The molecule has 4 rings (SSSR count). The minimum absolute atomic E-state index is 0.0579. The van der Waals surface area contributed by atoms with Crippen molar-refractivity contribution in [2.24, 2.45) is 17.8 Å². The Morgan fingerprint density at radius 1 is 1.12 bits per heavy atom. The quantitative estimate of drug-likeness (QED) is 0.673. The number of fused-ring (bicyclic) bond motifs is 3. The second-order valence-electron chi connectivity index (χ2n) is 7.37. The van der Waals surface area contributed by atoms with Crippen LogP contribution in [0.5, 0.6) is 5.75 Å². The smallest absolute Gasteiger partial charge is 0.173 e. The maximum absolute atomic E-state index is 13.1. The number of aromatic hydroxyl groups is 1. The SMILES string of the molecule is CC1=C(O)C2C(=O)C3=C(O)c4c(O)cccc4C(C)C3CC2CC1=O. The van der Waals surface area contributed by atoms with Crippen molar-refractivity contribution in [3.63, 3.8) is 0 Å². The Labute approximate surface area is 145 Å². The van der Waals surface area contributed by atoms with E-state index in [9.17, 15) is 24.9 Å². The summed E-state index contributed by atoms with van der Waals surface area (Å²) in [5.74, 6) is -2.17. The van der Waals surface area contributed by atoms with Crippen molar-refractivity contribution in [2.45, 2.75) is 32.6 Å². The van der Waals surface area contributed by atoms with E-state index < -0.39 is 5.92 Å². The van der Waals surface area contributed by atoms with Gasteiger partial charge in [0.05, 0.1) is 11.5 Å². The van der Waals surface area contributed by atoms with Gasteiger partial charge in [0, 0.05) is 17.6 Å². The standard InChI is InChI=1S/C20H20O5/c1-8-11-4-3-5-13(21)16(11)20(25)17-12(8)6-10-7-14(22)9(2)18(23)15(10)19(17)24/h3-5,8,10,12,15,21,23,25H,6-7H2,1-2H3. The molecule has 25 heavy (non-hydrogen) atoms. The molecule has 4 atom stereocenters. The van der Waals surface area contributed by atoms with Crippen molar-refractivity contribution < 1.29 is 24.9 Å². The summed E-state index contributed by atoms with van der Waals surface area (Å²) in [6.45, 7) is 3.50. The predicted molar refractivity (Wildman–Crippen MR) is 91.1 cm³/mol. The van der Waals surface area contributed by atoms with Gasteiger partial charge in [0.2, 0.25) is 0 Å². The van der Waals surface area contributed by atoms with Gasteiger partial charge in [0.25, 0.3) is 0 Å². The fraction of sp³-hybridized carbons (Fsp3) is 0.400. The van der Waals surface area contributed by atoms with Gasteiger partial charge in [0.1, 0.15) is 17.3 Å². The third-order valence-electron chi connectivity index (χ3n) is 6.15. The minimum Gasteiger partial charge on any atom is -0.511 e. The van der Waals surface area contributed by atoms with Crippen LogP contribution in [0.15, 0.2) is 35.1 Å². The minimum atomic E-state index is -0.772. The summed E-state index contributed by atoms with van der Waals surface area (Å²) < 4.78 is 0. The molecule has 0 aromatic heterocycles. The lowest BCUT2D eigenvalue weighted by atomic mass is 9.59. The number of ketones is 2. The molecule has 0 heterocycles. The van der Waals surface area contributed by atoms with E-state index in [1.54, 1.807) is 6.07 Å². The van der Waals surface area contributed by atoms with E-state index >= 15 is 0 Å². The zero-order chi connectivity index (χ0) is 18.0. The van der Waals surface area contributed by atoms with Gasteiger partial charge in [0.15, 0.2) is 11.6 Å². The molecule has 3 aliphatic carbocycles. The molecular formula is C20H20O5. The number of aliphatic hydroxyl groups excluding tert-OH is 2. The molecule has 0 radical (unpaired) electrons. The predicted octanol–water partition coefficient (Wildman–Crippen LogP) is 3.40. The second-order valence-corrected chi connectivity index (χ2v) is 7.37. The highest BCUT2D eigenvalue weighted by molar-refractivity contribution is 6.09. The van der Waals surface area contributed by atoms with Gasteiger partial charge in [-0.1, -0.05) is 19.1 Å². The first-order chi connectivity index (χ1) is 11.8. The van der Waals surface area contributed by atoms with E-state index in [2.05, 4.69) is 0 Å². The number of hydrogen-bond donors (Lipinski definition) is 3. The summed E-state index contributed by atoms with van der Waals surface area (Å²) in [6, 6.07) is 5.05. The molecule has 3 N–H and O–H groups in total. The average molecular weight is 340 g/mol. The lowest BCUT2D eigenvalue weighted by Crippen LogP contribution is -2.43. The van der Waals surface area contributed by atoms with Crippen LogP contribution >= 0.6 is 0 Å². The van der Waals surface area contributed by atoms with E-state index in [1.807, 2.05) is 13.0 Å². The number of carbonyl (C=O) groups is 2. The van der Waals surface area contributed by atoms with Crippen molar-refractivity contribution in [2.75, 3.05) is 0 Å². The van der Waals surface area contributed by atoms with Crippen molar-refractivity contribution >= 4 is 17.3 Å². The summed E-state index contributed by atoms with van der Waals surface area (Å²) in [7, 11) is 0. The Morgan fingerprint density at radius 2 is 1.84 bits per heavy atom. The van der Waals surface area contributed by atoms with Crippen molar-refractivity contribution in [1.82, 2.24) is 0 Å². The molecule has 0 amide bonds. The molecule has 1 saturated carbocycles. The highest BCUT2D eigenvalue weighted by Crippen LogP contribution is 2.53. The summed E-state index contributed by atoms with van der Waals surface area (Å²) in [4.78, 5) is 25.2. The number of allylic oxidation sites excluding steroid dienone is 3. The topological polar surface area (TPSA) is 94.8 Å². The molecule has 0 spiro atoms. The van der Waals surface area contributed by atoms with Crippen LogP contribution in [0.3, 0.4) is 0 Å².